The SMILES string of the molecule is CCCCN(C(=O)c1ccc(Cl)c([N+](=O)[O-])c1)C1CCS(=O)(=O)C1. The zero-order valence-electron chi connectivity index (χ0n) is 13.3. The van der Waals surface area contributed by atoms with Gasteiger partial charge in [0.25, 0.3) is 11.6 Å². The Morgan fingerprint density at radius 2 is 2.17 bits per heavy atom. The maximum absolute atomic E-state index is 12.8. The van der Waals surface area contributed by atoms with Crippen molar-refractivity contribution < 1.29 is 18.1 Å². The molecule has 0 radical (unpaired) electrons. The molecule has 0 aliphatic carbocycles. The Balaban J connectivity index is 2.31. The van der Waals surface area contributed by atoms with Crippen molar-refractivity contribution in [3.8, 4) is 0 Å². The van der Waals surface area contributed by atoms with E-state index < -0.39 is 20.7 Å². The topological polar surface area (TPSA) is 97.6 Å². The molecular weight excluding hydrogens is 356 g/mol. The Bertz CT molecular complexity index is 750. The van der Waals surface area contributed by atoms with E-state index in [-0.39, 0.29) is 33.8 Å². The summed E-state index contributed by atoms with van der Waals surface area (Å²) in [5, 5.41) is 11.0. The fraction of sp³-hybridized carbons (Fsp3) is 0.533. The molecule has 1 aromatic carbocycles. The fourth-order valence-corrected chi connectivity index (χ4v) is 4.67. The van der Waals surface area contributed by atoms with Crippen molar-refractivity contribution in [2.24, 2.45) is 0 Å². The number of unbranched alkanes of at least 4 members (excludes halogenated alkanes) is 1. The third-order valence-electron chi connectivity index (χ3n) is 4.05. The first-order valence-electron chi connectivity index (χ1n) is 7.70. The number of benzene rings is 1. The lowest BCUT2D eigenvalue weighted by Gasteiger charge is -2.28. The van der Waals surface area contributed by atoms with E-state index in [2.05, 4.69) is 0 Å². The molecule has 0 N–H and O–H groups in total. The zero-order chi connectivity index (χ0) is 17.9. The van der Waals surface area contributed by atoms with Crippen LogP contribution in [-0.2, 0) is 9.84 Å². The lowest BCUT2D eigenvalue weighted by molar-refractivity contribution is -0.384. The van der Waals surface area contributed by atoms with Crippen LogP contribution < -0.4 is 0 Å². The molecule has 132 valence electrons. The first kappa shape index (κ1) is 18.7. The van der Waals surface area contributed by atoms with Gasteiger partial charge < -0.3 is 4.90 Å². The Labute approximate surface area is 145 Å². The Hall–Kier alpha value is -1.67. The van der Waals surface area contributed by atoms with Gasteiger partial charge in [-0.05, 0) is 25.0 Å². The number of amides is 1. The molecule has 7 nitrogen and oxygen atoms in total. The largest absolute Gasteiger partial charge is 0.335 e. The first-order chi connectivity index (χ1) is 11.2. The normalized spacial score (nSPS) is 19.2. The van der Waals surface area contributed by atoms with Crippen LogP contribution in [0.3, 0.4) is 0 Å². The van der Waals surface area contributed by atoms with Crippen LogP contribution in [-0.4, -0.2) is 48.2 Å². The smallest absolute Gasteiger partial charge is 0.288 e. The summed E-state index contributed by atoms with van der Waals surface area (Å²) in [6.07, 6.45) is 1.98. The minimum atomic E-state index is -3.13. The molecule has 1 heterocycles. The summed E-state index contributed by atoms with van der Waals surface area (Å²) in [6, 6.07) is 3.51. The molecular formula is C15H19ClN2O5S. The monoisotopic (exact) mass is 374 g/mol. The van der Waals surface area contributed by atoms with Gasteiger partial charge in [-0.2, -0.15) is 0 Å². The molecule has 1 fully saturated rings. The minimum Gasteiger partial charge on any atom is -0.335 e. The molecule has 0 saturated carbocycles. The summed E-state index contributed by atoms with van der Waals surface area (Å²) in [4.78, 5) is 24.7. The number of carbonyl (C=O) groups is 1. The summed E-state index contributed by atoms with van der Waals surface area (Å²) in [7, 11) is -3.13. The number of nitro benzene ring substituents is 1. The van der Waals surface area contributed by atoms with Crippen LogP contribution in [0.4, 0.5) is 5.69 Å². The molecule has 0 spiro atoms. The van der Waals surface area contributed by atoms with Crippen LogP contribution in [0.25, 0.3) is 0 Å². The van der Waals surface area contributed by atoms with Gasteiger partial charge in [-0.15, -0.1) is 0 Å². The van der Waals surface area contributed by atoms with Crippen LogP contribution in [0.2, 0.25) is 5.02 Å². The molecule has 1 saturated heterocycles. The van der Waals surface area contributed by atoms with Crippen LogP contribution >= 0.6 is 11.6 Å². The maximum atomic E-state index is 12.8. The van der Waals surface area contributed by atoms with Gasteiger partial charge in [0.15, 0.2) is 9.84 Å². The Morgan fingerprint density at radius 1 is 1.46 bits per heavy atom. The average molecular weight is 375 g/mol. The number of halogens is 1. The molecule has 2 rings (SSSR count). The van der Waals surface area contributed by atoms with Gasteiger partial charge in [0.1, 0.15) is 5.02 Å². The quantitative estimate of drug-likeness (QED) is 0.563. The minimum absolute atomic E-state index is 0.0416. The van der Waals surface area contributed by atoms with Gasteiger partial charge in [-0.3, -0.25) is 14.9 Å². The molecule has 0 bridgehead atoms. The van der Waals surface area contributed by atoms with Crippen molar-refractivity contribution in [3.05, 3.63) is 38.9 Å². The standard InChI is InChI=1S/C15H19ClN2O5S/c1-2-3-7-17(12-6-8-24(22,23)10-12)15(19)11-4-5-13(16)14(9-11)18(20)21/h4-5,9,12H,2-3,6-8,10H2,1H3. The zero-order valence-corrected chi connectivity index (χ0v) is 14.8. The predicted octanol–water partition coefficient (Wildman–Crippen LogP) is 2.68. The molecule has 24 heavy (non-hydrogen) atoms. The number of nitro groups is 1. The lowest BCUT2D eigenvalue weighted by Crippen LogP contribution is -2.41. The summed E-state index contributed by atoms with van der Waals surface area (Å²) < 4.78 is 23.4. The van der Waals surface area contributed by atoms with Crippen molar-refractivity contribution in [1.82, 2.24) is 4.90 Å². The second-order valence-electron chi connectivity index (χ2n) is 5.83. The lowest BCUT2D eigenvalue weighted by atomic mass is 10.1. The van der Waals surface area contributed by atoms with Gasteiger partial charge in [-0.1, -0.05) is 24.9 Å². The number of carbonyl (C=O) groups excluding carboxylic acids is 1. The molecule has 1 atom stereocenters. The van der Waals surface area contributed by atoms with Crippen molar-refractivity contribution in [2.45, 2.75) is 32.2 Å². The second kappa shape index (κ2) is 7.48. The molecule has 1 aromatic rings. The second-order valence-corrected chi connectivity index (χ2v) is 8.47. The first-order valence-corrected chi connectivity index (χ1v) is 9.90. The van der Waals surface area contributed by atoms with Gasteiger partial charge >= 0.3 is 0 Å². The molecule has 1 unspecified atom stereocenters. The van der Waals surface area contributed by atoms with Crippen molar-refractivity contribution in [2.75, 3.05) is 18.1 Å². The Morgan fingerprint density at radius 3 is 2.71 bits per heavy atom. The van der Waals surface area contributed by atoms with Crippen LogP contribution in [0, 0.1) is 10.1 Å². The molecule has 1 amide bonds. The van der Waals surface area contributed by atoms with Crippen molar-refractivity contribution in [3.63, 3.8) is 0 Å². The van der Waals surface area contributed by atoms with E-state index in [9.17, 15) is 23.3 Å². The summed E-state index contributed by atoms with van der Waals surface area (Å²) in [5.41, 5.74) is -0.191. The van der Waals surface area contributed by atoms with Crippen LogP contribution in [0.1, 0.15) is 36.5 Å². The van der Waals surface area contributed by atoms with E-state index in [1.54, 1.807) is 0 Å². The van der Waals surface area contributed by atoms with E-state index in [0.29, 0.717) is 13.0 Å². The number of hydrogen-bond donors (Lipinski definition) is 0. The molecule has 1 aliphatic rings. The van der Waals surface area contributed by atoms with E-state index in [1.807, 2.05) is 6.92 Å². The average Bonchev–Trinajstić information content (AvgIpc) is 2.87. The van der Waals surface area contributed by atoms with Crippen LogP contribution in [0.5, 0.6) is 0 Å². The van der Waals surface area contributed by atoms with Gasteiger partial charge in [0.05, 0.1) is 16.4 Å². The van der Waals surface area contributed by atoms with E-state index in [4.69, 9.17) is 11.6 Å². The molecule has 0 aromatic heterocycles. The summed E-state index contributed by atoms with van der Waals surface area (Å²) in [6.45, 7) is 2.40. The van der Waals surface area contributed by atoms with E-state index >= 15 is 0 Å². The number of rotatable bonds is 6. The van der Waals surface area contributed by atoms with E-state index in [1.165, 1.54) is 17.0 Å². The van der Waals surface area contributed by atoms with Crippen LogP contribution in [0.15, 0.2) is 18.2 Å². The maximum Gasteiger partial charge on any atom is 0.288 e. The number of sulfone groups is 1. The van der Waals surface area contributed by atoms with Crippen molar-refractivity contribution >= 4 is 33.0 Å². The third-order valence-corrected chi connectivity index (χ3v) is 6.12. The highest BCUT2D eigenvalue weighted by molar-refractivity contribution is 7.91. The molecule has 9 heteroatoms. The molecule has 1 aliphatic heterocycles. The Kier molecular flexibility index (Phi) is 5.82. The fourth-order valence-electron chi connectivity index (χ4n) is 2.75. The predicted molar refractivity (Wildman–Crippen MR) is 91.1 cm³/mol. The number of hydrogen-bond acceptors (Lipinski definition) is 5. The highest BCUT2D eigenvalue weighted by Gasteiger charge is 2.35. The van der Waals surface area contributed by atoms with E-state index in [0.717, 1.165) is 18.9 Å². The summed E-state index contributed by atoms with van der Waals surface area (Å²) in [5.74, 6) is -0.391. The third kappa shape index (κ3) is 4.24. The van der Waals surface area contributed by atoms with Gasteiger partial charge in [0.2, 0.25) is 0 Å². The highest BCUT2D eigenvalue weighted by Crippen LogP contribution is 2.27. The number of nitrogens with zero attached hydrogens (tertiary/aromatic N) is 2. The summed E-state index contributed by atoms with van der Waals surface area (Å²) >= 11 is 5.78. The van der Waals surface area contributed by atoms with Gasteiger partial charge in [0, 0.05) is 24.2 Å². The van der Waals surface area contributed by atoms with Crippen molar-refractivity contribution in [1.29, 1.82) is 0 Å². The van der Waals surface area contributed by atoms with Gasteiger partial charge in [-0.25, -0.2) is 8.42 Å². The highest BCUT2D eigenvalue weighted by atomic mass is 35.5.